The highest BCUT2D eigenvalue weighted by molar-refractivity contribution is 7.90. The van der Waals surface area contributed by atoms with Gasteiger partial charge in [-0.3, -0.25) is 9.59 Å². The number of aliphatic hydroxyl groups excluding tert-OH is 1. The van der Waals surface area contributed by atoms with Gasteiger partial charge >= 0.3 is 0 Å². The van der Waals surface area contributed by atoms with E-state index in [0.29, 0.717) is 26.1 Å². The number of amides is 2. The first-order chi connectivity index (χ1) is 14.1. The zero-order valence-corrected chi connectivity index (χ0v) is 18.4. The fourth-order valence-corrected chi connectivity index (χ4v) is 4.92. The summed E-state index contributed by atoms with van der Waals surface area (Å²) in [6.07, 6.45) is 3.08. The van der Waals surface area contributed by atoms with Crippen LogP contribution in [-0.4, -0.2) is 85.8 Å². The van der Waals surface area contributed by atoms with Gasteiger partial charge in [-0.05, 0) is 43.5 Å². The molecule has 2 heterocycles. The van der Waals surface area contributed by atoms with Crippen molar-refractivity contribution in [3.63, 3.8) is 0 Å². The van der Waals surface area contributed by atoms with E-state index in [-0.39, 0.29) is 35.2 Å². The summed E-state index contributed by atoms with van der Waals surface area (Å²) in [7, 11) is -3.28. The number of benzene rings is 1. The Kier molecular flexibility index (Phi) is 7.15. The minimum absolute atomic E-state index is 0.0261. The summed E-state index contributed by atoms with van der Waals surface area (Å²) < 4.78 is 23.2. The van der Waals surface area contributed by atoms with Gasteiger partial charge in [-0.15, -0.1) is 0 Å². The normalized spacial score (nSPS) is 23.4. The van der Waals surface area contributed by atoms with Gasteiger partial charge in [-0.25, -0.2) is 8.42 Å². The standard InChI is InChI=1S/C21H31N3O5S/c1-15(25)23-10-11-24(17(14-23)13-20(26)19-4-3-9-22-19)21(27)12-16-5-7-18(8-6-16)30(2,28)29/h5-8,17,19-20,22,26H,3-4,9-14H2,1-2H3/t17-,19-,20?/m0/s1. The second kappa shape index (κ2) is 9.45. The molecule has 0 saturated carbocycles. The fourth-order valence-electron chi connectivity index (χ4n) is 4.28. The Labute approximate surface area is 178 Å². The number of nitrogens with one attached hydrogen (secondary N) is 1. The first-order valence-electron chi connectivity index (χ1n) is 10.4. The van der Waals surface area contributed by atoms with Gasteiger partial charge in [-0.1, -0.05) is 12.1 Å². The van der Waals surface area contributed by atoms with Crippen LogP contribution in [0.5, 0.6) is 0 Å². The molecule has 2 saturated heterocycles. The van der Waals surface area contributed by atoms with Crippen molar-refractivity contribution in [2.45, 2.75) is 55.7 Å². The predicted molar refractivity (Wildman–Crippen MR) is 113 cm³/mol. The number of piperazine rings is 1. The number of rotatable bonds is 6. The maximum absolute atomic E-state index is 13.0. The van der Waals surface area contributed by atoms with E-state index >= 15 is 0 Å². The summed E-state index contributed by atoms with van der Waals surface area (Å²) in [4.78, 5) is 28.6. The molecule has 9 heteroatoms. The Bertz CT molecular complexity index is 865. The molecule has 8 nitrogen and oxygen atoms in total. The number of hydrogen-bond acceptors (Lipinski definition) is 6. The smallest absolute Gasteiger partial charge is 0.227 e. The van der Waals surface area contributed by atoms with E-state index in [1.807, 2.05) is 0 Å². The average Bonchev–Trinajstić information content (AvgIpc) is 3.22. The quantitative estimate of drug-likeness (QED) is 0.658. The van der Waals surface area contributed by atoms with E-state index in [0.717, 1.165) is 31.2 Å². The Morgan fingerprint density at radius 2 is 1.93 bits per heavy atom. The molecule has 166 valence electrons. The molecule has 3 atom stereocenters. The van der Waals surface area contributed by atoms with Crippen LogP contribution in [0.2, 0.25) is 0 Å². The van der Waals surface area contributed by atoms with Crippen LogP contribution in [0, 0.1) is 0 Å². The van der Waals surface area contributed by atoms with Gasteiger partial charge in [0.2, 0.25) is 11.8 Å². The van der Waals surface area contributed by atoms with E-state index in [2.05, 4.69) is 5.32 Å². The average molecular weight is 438 g/mol. The molecular weight excluding hydrogens is 406 g/mol. The highest BCUT2D eigenvalue weighted by atomic mass is 32.2. The summed E-state index contributed by atoms with van der Waals surface area (Å²) in [6, 6.07) is 6.12. The minimum Gasteiger partial charge on any atom is -0.391 e. The van der Waals surface area contributed by atoms with Crippen molar-refractivity contribution >= 4 is 21.7 Å². The number of carbonyl (C=O) groups excluding carboxylic acids is 2. The van der Waals surface area contributed by atoms with Crippen LogP contribution in [0.25, 0.3) is 0 Å². The minimum atomic E-state index is -3.28. The van der Waals surface area contributed by atoms with Crippen LogP contribution >= 0.6 is 0 Å². The lowest BCUT2D eigenvalue weighted by molar-refractivity contribution is -0.142. The van der Waals surface area contributed by atoms with E-state index in [1.165, 1.54) is 19.1 Å². The van der Waals surface area contributed by atoms with Gasteiger partial charge in [0.05, 0.1) is 23.5 Å². The van der Waals surface area contributed by atoms with Crippen molar-refractivity contribution in [1.82, 2.24) is 15.1 Å². The lowest BCUT2D eigenvalue weighted by atomic mass is 9.97. The van der Waals surface area contributed by atoms with Crippen molar-refractivity contribution < 1.29 is 23.1 Å². The van der Waals surface area contributed by atoms with Crippen LogP contribution in [0.4, 0.5) is 0 Å². The third-order valence-electron chi connectivity index (χ3n) is 6.03. The summed E-state index contributed by atoms with van der Waals surface area (Å²) in [5.74, 6) is -0.112. The van der Waals surface area contributed by atoms with Crippen LogP contribution < -0.4 is 5.32 Å². The summed E-state index contributed by atoms with van der Waals surface area (Å²) >= 11 is 0. The molecule has 0 radical (unpaired) electrons. The lowest BCUT2D eigenvalue weighted by Crippen LogP contribution is -2.58. The monoisotopic (exact) mass is 437 g/mol. The number of nitrogens with zero attached hydrogens (tertiary/aromatic N) is 2. The molecule has 2 aliphatic rings. The molecule has 1 aromatic rings. The summed E-state index contributed by atoms with van der Waals surface area (Å²) in [5.41, 5.74) is 0.734. The van der Waals surface area contributed by atoms with Crippen molar-refractivity contribution in [1.29, 1.82) is 0 Å². The first-order valence-corrected chi connectivity index (χ1v) is 12.3. The zero-order chi connectivity index (χ0) is 21.9. The Hall–Kier alpha value is -1.97. The molecule has 0 aromatic heterocycles. The summed E-state index contributed by atoms with van der Waals surface area (Å²) in [5, 5.41) is 14.0. The molecule has 0 bridgehead atoms. The van der Waals surface area contributed by atoms with Gasteiger partial charge in [-0.2, -0.15) is 0 Å². The number of hydrogen-bond donors (Lipinski definition) is 2. The molecule has 3 rings (SSSR count). The second-order valence-electron chi connectivity index (χ2n) is 8.30. The van der Waals surface area contributed by atoms with Crippen molar-refractivity contribution in [3.05, 3.63) is 29.8 Å². The van der Waals surface area contributed by atoms with Gasteiger partial charge in [0.25, 0.3) is 0 Å². The maximum atomic E-state index is 13.0. The number of aliphatic hydroxyl groups is 1. The number of carbonyl (C=O) groups is 2. The van der Waals surface area contributed by atoms with Gasteiger partial charge in [0.15, 0.2) is 9.84 Å². The van der Waals surface area contributed by atoms with E-state index in [9.17, 15) is 23.1 Å². The molecule has 0 aliphatic carbocycles. The van der Waals surface area contributed by atoms with Crippen LogP contribution in [0.1, 0.15) is 31.7 Å². The van der Waals surface area contributed by atoms with E-state index in [1.54, 1.807) is 21.9 Å². The van der Waals surface area contributed by atoms with Gasteiger partial charge in [0.1, 0.15) is 0 Å². The van der Waals surface area contributed by atoms with E-state index < -0.39 is 15.9 Å². The van der Waals surface area contributed by atoms with Crippen molar-refractivity contribution in [2.75, 3.05) is 32.4 Å². The highest BCUT2D eigenvalue weighted by Gasteiger charge is 2.35. The lowest BCUT2D eigenvalue weighted by Gasteiger charge is -2.42. The van der Waals surface area contributed by atoms with E-state index in [4.69, 9.17) is 0 Å². The number of sulfone groups is 1. The first kappa shape index (κ1) is 22.7. The van der Waals surface area contributed by atoms with Crippen molar-refractivity contribution in [2.24, 2.45) is 0 Å². The van der Waals surface area contributed by atoms with Gasteiger partial charge < -0.3 is 20.2 Å². The summed E-state index contributed by atoms with van der Waals surface area (Å²) in [6.45, 7) is 3.72. The third-order valence-corrected chi connectivity index (χ3v) is 7.16. The molecule has 30 heavy (non-hydrogen) atoms. The predicted octanol–water partition coefficient (Wildman–Crippen LogP) is 0.195. The van der Waals surface area contributed by atoms with Crippen LogP contribution in [0.15, 0.2) is 29.2 Å². The Morgan fingerprint density at radius 3 is 2.50 bits per heavy atom. The molecule has 1 unspecified atom stereocenters. The molecule has 2 amide bonds. The van der Waals surface area contributed by atoms with Crippen molar-refractivity contribution in [3.8, 4) is 0 Å². The van der Waals surface area contributed by atoms with Crippen LogP contribution in [0.3, 0.4) is 0 Å². The fraction of sp³-hybridized carbons (Fsp3) is 0.619. The third kappa shape index (κ3) is 5.59. The maximum Gasteiger partial charge on any atom is 0.227 e. The van der Waals surface area contributed by atoms with Crippen LogP contribution in [-0.2, 0) is 25.8 Å². The molecule has 2 fully saturated rings. The van der Waals surface area contributed by atoms with Gasteiger partial charge in [0, 0.05) is 38.9 Å². The largest absolute Gasteiger partial charge is 0.391 e. The molecule has 2 N–H and O–H groups in total. The highest BCUT2D eigenvalue weighted by Crippen LogP contribution is 2.21. The topological polar surface area (TPSA) is 107 Å². The Balaban J connectivity index is 1.70. The zero-order valence-electron chi connectivity index (χ0n) is 17.6. The molecular formula is C21H31N3O5S. The molecule has 2 aliphatic heterocycles. The molecule has 0 spiro atoms. The SMILES string of the molecule is CC(=O)N1CCN(C(=O)Cc2ccc(S(C)(=O)=O)cc2)[C@@H](CC(O)[C@@H]2CCCN2)C1. The molecule has 1 aromatic carbocycles. The second-order valence-corrected chi connectivity index (χ2v) is 10.3. The Morgan fingerprint density at radius 1 is 1.23 bits per heavy atom.